The fourth-order valence-electron chi connectivity index (χ4n) is 1.13. The van der Waals surface area contributed by atoms with Gasteiger partial charge in [0.05, 0.1) is 11.4 Å². The van der Waals surface area contributed by atoms with Gasteiger partial charge in [0, 0.05) is 5.69 Å². The van der Waals surface area contributed by atoms with E-state index in [1.807, 2.05) is 0 Å². The van der Waals surface area contributed by atoms with Crippen LogP contribution in [-0.2, 0) is 10.9 Å². The van der Waals surface area contributed by atoms with Gasteiger partial charge >= 0.3 is 12.3 Å². The minimum atomic E-state index is -4.45. The number of carbonyl (C=O) groups excluding carboxylic acids is 1. The van der Waals surface area contributed by atoms with Crippen LogP contribution in [0.4, 0.5) is 23.7 Å². The maximum absolute atomic E-state index is 12.4. The van der Waals surface area contributed by atoms with Crippen LogP contribution in [0.15, 0.2) is 24.3 Å². The average molecular weight is 282 g/mol. The zero-order valence-electron chi connectivity index (χ0n) is 9.42. The number of alkyl halides is 4. The van der Waals surface area contributed by atoms with Crippen molar-refractivity contribution in [3.63, 3.8) is 0 Å². The molecular weight excluding hydrogens is 271 g/mol. The van der Waals surface area contributed by atoms with E-state index >= 15 is 0 Å². The number of halogens is 4. The molecule has 100 valence electrons. The van der Waals surface area contributed by atoms with Crippen LogP contribution in [0.5, 0.6) is 0 Å². The van der Waals surface area contributed by atoms with Crippen molar-refractivity contribution < 1.29 is 22.7 Å². The van der Waals surface area contributed by atoms with E-state index in [4.69, 9.17) is 16.3 Å². The number of nitrogens with one attached hydrogen (secondary N) is 1. The number of hydrogen-bond acceptors (Lipinski definition) is 2. The highest BCUT2D eigenvalue weighted by atomic mass is 35.5. The van der Waals surface area contributed by atoms with Crippen LogP contribution < -0.4 is 5.32 Å². The number of ether oxygens (including phenoxy) is 1. The fourth-order valence-corrected chi connectivity index (χ4v) is 1.20. The minimum absolute atomic E-state index is 0.0107. The summed E-state index contributed by atoms with van der Waals surface area (Å²) in [6, 6.07) is 4.27. The lowest BCUT2D eigenvalue weighted by molar-refractivity contribution is -0.137. The molecule has 1 rings (SSSR count). The monoisotopic (exact) mass is 281 g/mol. The summed E-state index contributed by atoms with van der Waals surface area (Å²) in [5, 5.41) is 2.20. The average Bonchev–Trinajstić information content (AvgIpc) is 2.27. The zero-order chi connectivity index (χ0) is 13.8. The van der Waals surface area contributed by atoms with Crippen molar-refractivity contribution in [1.82, 2.24) is 0 Å². The van der Waals surface area contributed by atoms with Crippen molar-refractivity contribution >= 4 is 23.4 Å². The normalized spacial score (nSPS) is 12.9. The smallest absolute Gasteiger partial charge is 0.416 e. The highest BCUT2D eigenvalue weighted by molar-refractivity contribution is 6.18. The van der Waals surface area contributed by atoms with Gasteiger partial charge in [0.1, 0.15) is 6.10 Å². The van der Waals surface area contributed by atoms with E-state index in [1.54, 1.807) is 6.92 Å². The molecular formula is C11H11ClF3NO2. The van der Waals surface area contributed by atoms with E-state index in [1.165, 1.54) is 12.1 Å². The lowest BCUT2D eigenvalue weighted by Crippen LogP contribution is -2.21. The molecule has 0 aliphatic rings. The maximum Gasteiger partial charge on any atom is 0.416 e. The molecule has 0 aliphatic carbocycles. The van der Waals surface area contributed by atoms with Crippen molar-refractivity contribution in [2.45, 2.75) is 19.2 Å². The predicted molar refractivity (Wildman–Crippen MR) is 61.7 cm³/mol. The third-order valence-corrected chi connectivity index (χ3v) is 2.40. The summed E-state index contributed by atoms with van der Waals surface area (Å²) in [6.07, 6.45) is -5.81. The number of hydrogen-bond donors (Lipinski definition) is 1. The summed E-state index contributed by atoms with van der Waals surface area (Å²) in [6.45, 7) is 1.57. The Morgan fingerprint density at radius 1 is 1.50 bits per heavy atom. The molecule has 1 atom stereocenters. The first-order valence-corrected chi connectivity index (χ1v) is 5.57. The molecule has 1 amide bonds. The summed E-state index contributed by atoms with van der Waals surface area (Å²) in [5.41, 5.74) is -0.831. The second-order valence-corrected chi connectivity index (χ2v) is 3.88. The Morgan fingerprint density at radius 2 is 2.17 bits per heavy atom. The molecule has 3 nitrogen and oxygen atoms in total. The number of amides is 1. The van der Waals surface area contributed by atoms with Crippen molar-refractivity contribution in [2.75, 3.05) is 11.2 Å². The largest absolute Gasteiger partial charge is 0.445 e. The van der Waals surface area contributed by atoms with Gasteiger partial charge in [-0.05, 0) is 25.1 Å². The quantitative estimate of drug-likeness (QED) is 0.854. The van der Waals surface area contributed by atoms with Gasteiger partial charge in [0.25, 0.3) is 0 Å². The van der Waals surface area contributed by atoms with E-state index in [-0.39, 0.29) is 11.6 Å². The zero-order valence-corrected chi connectivity index (χ0v) is 10.2. The number of anilines is 1. The van der Waals surface area contributed by atoms with Gasteiger partial charge in [-0.3, -0.25) is 5.32 Å². The molecule has 18 heavy (non-hydrogen) atoms. The molecule has 0 fully saturated rings. The van der Waals surface area contributed by atoms with Crippen LogP contribution in [-0.4, -0.2) is 18.1 Å². The van der Waals surface area contributed by atoms with Crippen LogP contribution in [0.2, 0.25) is 0 Å². The third kappa shape index (κ3) is 4.44. The van der Waals surface area contributed by atoms with Gasteiger partial charge in [-0.25, -0.2) is 4.79 Å². The van der Waals surface area contributed by atoms with E-state index in [0.29, 0.717) is 0 Å². The second kappa shape index (κ2) is 5.95. The van der Waals surface area contributed by atoms with Gasteiger partial charge in [-0.2, -0.15) is 13.2 Å². The van der Waals surface area contributed by atoms with Gasteiger partial charge < -0.3 is 4.74 Å². The standard InChI is InChI=1S/C11H11ClF3NO2/c1-7(6-12)18-10(17)16-9-4-2-3-8(5-9)11(13,14)15/h2-5,7H,6H2,1H3,(H,16,17)/t7-/m0/s1. The maximum atomic E-state index is 12.4. The second-order valence-electron chi connectivity index (χ2n) is 3.57. The Kier molecular flexibility index (Phi) is 4.84. The van der Waals surface area contributed by atoms with E-state index in [9.17, 15) is 18.0 Å². The van der Waals surface area contributed by atoms with Crippen LogP contribution >= 0.6 is 11.6 Å². The summed E-state index contributed by atoms with van der Waals surface area (Å²) in [4.78, 5) is 11.3. The van der Waals surface area contributed by atoms with Gasteiger partial charge in [0.15, 0.2) is 0 Å². The van der Waals surface area contributed by atoms with Crippen LogP contribution in [0.3, 0.4) is 0 Å². The van der Waals surface area contributed by atoms with Crippen molar-refractivity contribution in [1.29, 1.82) is 0 Å². The van der Waals surface area contributed by atoms with E-state index < -0.39 is 23.9 Å². The molecule has 0 unspecified atom stereocenters. The number of carbonyl (C=O) groups is 1. The topological polar surface area (TPSA) is 38.3 Å². The summed E-state index contributed by atoms with van der Waals surface area (Å²) in [5.74, 6) is 0.107. The number of rotatable bonds is 3. The van der Waals surface area contributed by atoms with E-state index in [0.717, 1.165) is 12.1 Å². The van der Waals surface area contributed by atoms with Crippen LogP contribution in [0.1, 0.15) is 12.5 Å². The molecule has 0 radical (unpaired) electrons. The highest BCUT2D eigenvalue weighted by Gasteiger charge is 2.30. The van der Waals surface area contributed by atoms with Gasteiger partial charge in [-0.1, -0.05) is 6.07 Å². The molecule has 1 N–H and O–H groups in total. The lowest BCUT2D eigenvalue weighted by atomic mass is 10.2. The number of benzene rings is 1. The molecule has 1 aromatic carbocycles. The molecule has 0 aromatic heterocycles. The molecule has 0 aliphatic heterocycles. The predicted octanol–water partition coefficient (Wildman–Crippen LogP) is 3.88. The molecule has 1 aromatic rings. The highest BCUT2D eigenvalue weighted by Crippen LogP contribution is 2.30. The molecule has 0 heterocycles. The Bertz CT molecular complexity index is 423. The van der Waals surface area contributed by atoms with Gasteiger partial charge in [0.2, 0.25) is 0 Å². The Hall–Kier alpha value is -1.43. The van der Waals surface area contributed by atoms with Crippen molar-refractivity contribution in [3.05, 3.63) is 29.8 Å². The molecule has 0 saturated carbocycles. The summed E-state index contributed by atoms with van der Waals surface area (Å²) < 4.78 is 42.0. The Labute approximate surface area is 107 Å². The van der Waals surface area contributed by atoms with Crippen molar-refractivity contribution in [2.24, 2.45) is 0 Å². The lowest BCUT2D eigenvalue weighted by Gasteiger charge is -2.12. The SMILES string of the molecule is C[C@@H](CCl)OC(=O)Nc1cccc(C(F)(F)F)c1. The molecule has 0 spiro atoms. The third-order valence-electron chi connectivity index (χ3n) is 1.96. The summed E-state index contributed by atoms with van der Waals surface area (Å²) in [7, 11) is 0. The molecule has 7 heteroatoms. The van der Waals surface area contributed by atoms with Crippen molar-refractivity contribution in [3.8, 4) is 0 Å². The summed E-state index contributed by atoms with van der Waals surface area (Å²) >= 11 is 5.43. The fraction of sp³-hybridized carbons (Fsp3) is 0.364. The first-order chi connectivity index (χ1) is 8.32. The Balaban J connectivity index is 2.71. The van der Waals surface area contributed by atoms with Crippen LogP contribution in [0.25, 0.3) is 0 Å². The van der Waals surface area contributed by atoms with Crippen LogP contribution in [0, 0.1) is 0 Å². The first kappa shape index (κ1) is 14.6. The Morgan fingerprint density at radius 3 is 2.72 bits per heavy atom. The van der Waals surface area contributed by atoms with Gasteiger partial charge in [-0.15, -0.1) is 11.6 Å². The minimum Gasteiger partial charge on any atom is -0.445 e. The van der Waals surface area contributed by atoms with E-state index in [2.05, 4.69) is 5.32 Å². The molecule has 0 saturated heterocycles. The molecule has 0 bridgehead atoms. The first-order valence-electron chi connectivity index (χ1n) is 5.04.